The molecule has 0 aliphatic carbocycles. The van der Waals surface area contributed by atoms with Gasteiger partial charge in [0.15, 0.2) is 0 Å². The van der Waals surface area contributed by atoms with Crippen LogP contribution >= 0.6 is 23.4 Å². The molecular weight excluding hydrogens is 382 g/mol. The van der Waals surface area contributed by atoms with E-state index >= 15 is 0 Å². The molecule has 140 valence electrons. The summed E-state index contributed by atoms with van der Waals surface area (Å²) in [6, 6.07) is 16.8. The monoisotopic (exact) mass is 401 g/mol. The Morgan fingerprint density at radius 2 is 2.00 bits per heavy atom. The number of carbonyl (C=O) groups excluding carboxylic acids is 1. The zero-order valence-corrected chi connectivity index (χ0v) is 16.5. The first-order valence-electron chi connectivity index (χ1n) is 8.60. The highest BCUT2D eigenvalue weighted by molar-refractivity contribution is 7.98. The number of halogens is 1. The normalized spacial score (nSPS) is 10.6. The van der Waals surface area contributed by atoms with Crippen LogP contribution < -0.4 is 10.1 Å². The van der Waals surface area contributed by atoms with Gasteiger partial charge < -0.3 is 14.5 Å². The second kappa shape index (κ2) is 9.53. The van der Waals surface area contributed by atoms with E-state index in [1.165, 1.54) is 0 Å². The van der Waals surface area contributed by atoms with Crippen LogP contribution in [-0.4, -0.2) is 12.5 Å². The lowest BCUT2D eigenvalue weighted by Gasteiger charge is -2.12. The maximum absolute atomic E-state index is 12.5. The summed E-state index contributed by atoms with van der Waals surface area (Å²) < 4.78 is 11.0. The molecule has 0 atom stereocenters. The van der Waals surface area contributed by atoms with Crippen LogP contribution in [0.5, 0.6) is 5.75 Å². The van der Waals surface area contributed by atoms with E-state index in [1.807, 2.05) is 49.4 Å². The molecule has 0 spiro atoms. The highest BCUT2D eigenvalue weighted by Gasteiger charge is 2.11. The van der Waals surface area contributed by atoms with E-state index < -0.39 is 0 Å². The fourth-order valence-electron chi connectivity index (χ4n) is 2.50. The first-order valence-corrected chi connectivity index (χ1v) is 9.96. The molecule has 6 heteroatoms. The first kappa shape index (κ1) is 19.4. The van der Waals surface area contributed by atoms with Gasteiger partial charge in [0.2, 0.25) is 0 Å². The standard InChI is InChI=1S/C21H20ClNO3S/c1-2-25-20-10-5-15(21(24)23-13-18-4-3-11-26-18)12-16(20)14-27-19-8-6-17(22)7-9-19/h3-12H,2,13-14H2,1H3,(H,23,24). The molecule has 4 nitrogen and oxygen atoms in total. The van der Waals surface area contributed by atoms with Crippen LogP contribution in [0.25, 0.3) is 0 Å². The lowest BCUT2D eigenvalue weighted by Crippen LogP contribution is -2.22. The summed E-state index contributed by atoms with van der Waals surface area (Å²) in [6.45, 7) is 2.87. The van der Waals surface area contributed by atoms with E-state index in [2.05, 4.69) is 5.32 Å². The van der Waals surface area contributed by atoms with Crippen molar-refractivity contribution in [3.63, 3.8) is 0 Å². The van der Waals surface area contributed by atoms with Crippen molar-refractivity contribution in [2.24, 2.45) is 0 Å². The molecule has 0 radical (unpaired) electrons. The molecule has 2 aromatic carbocycles. The molecule has 0 fully saturated rings. The Morgan fingerprint density at radius 3 is 2.70 bits per heavy atom. The number of hydrogen-bond donors (Lipinski definition) is 1. The molecule has 0 aliphatic heterocycles. The molecule has 1 aromatic heterocycles. The lowest BCUT2D eigenvalue weighted by atomic mass is 10.1. The highest BCUT2D eigenvalue weighted by Crippen LogP contribution is 2.29. The molecule has 3 aromatic rings. The zero-order chi connectivity index (χ0) is 19.1. The maximum Gasteiger partial charge on any atom is 0.251 e. The lowest BCUT2D eigenvalue weighted by molar-refractivity contribution is 0.0948. The average molecular weight is 402 g/mol. The third-order valence-electron chi connectivity index (χ3n) is 3.83. The van der Waals surface area contributed by atoms with Crippen LogP contribution in [0.4, 0.5) is 0 Å². The van der Waals surface area contributed by atoms with Gasteiger partial charge in [-0.3, -0.25) is 4.79 Å². The van der Waals surface area contributed by atoms with Crippen molar-refractivity contribution in [2.45, 2.75) is 24.1 Å². The van der Waals surface area contributed by atoms with Crippen molar-refractivity contribution >= 4 is 29.3 Å². The van der Waals surface area contributed by atoms with Crippen molar-refractivity contribution in [2.75, 3.05) is 6.61 Å². The Balaban J connectivity index is 1.71. The van der Waals surface area contributed by atoms with E-state index in [9.17, 15) is 4.79 Å². The molecule has 0 unspecified atom stereocenters. The fourth-order valence-corrected chi connectivity index (χ4v) is 3.51. The van der Waals surface area contributed by atoms with Gasteiger partial charge >= 0.3 is 0 Å². The number of hydrogen-bond acceptors (Lipinski definition) is 4. The molecule has 1 heterocycles. The number of thioether (sulfide) groups is 1. The van der Waals surface area contributed by atoms with Gasteiger partial charge in [-0.1, -0.05) is 11.6 Å². The van der Waals surface area contributed by atoms with Gasteiger partial charge in [-0.05, 0) is 61.5 Å². The van der Waals surface area contributed by atoms with Gasteiger partial charge in [-0.2, -0.15) is 0 Å². The molecule has 0 saturated heterocycles. The van der Waals surface area contributed by atoms with Crippen molar-refractivity contribution in [1.82, 2.24) is 5.32 Å². The van der Waals surface area contributed by atoms with E-state index in [0.717, 1.165) is 16.2 Å². The van der Waals surface area contributed by atoms with Gasteiger partial charge in [0.25, 0.3) is 5.91 Å². The Morgan fingerprint density at radius 1 is 1.19 bits per heavy atom. The van der Waals surface area contributed by atoms with Crippen LogP contribution in [0.1, 0.15) is 28.6 Å². The minimum atomic E-state index is -0.146. The van der Waals surface area contributed by atoms with Crippen LogP contribution in [-0.2, 0) is 12.3 Å². The minimum Gasteiger partial charge on any atom is -0.494 e. The van der Waals surface area contributed by atoms with E-state index in [4.69, 9.17) is 20.8 Å². The first-order chi connectivity index (χ1) is 13.2. The average Bonchev–Trinajstić information content (AvgIpc) is 3.20. The summed E-state index contributed by atoms with van der Waals surface area (Å²) in [6.07, 6.45) is 1.59. The molecule has 1 amide bonds. The summed E-state index contributed by atoms with van der Waals surface area (Å²) >= 11 is 7.61. The number of nitrogens with one attached hydrogen (secondary N) is 1. The van der Waals surface area contributed by atoms with Crippen LogP contribution in [0.2, 0.25) is 5.02 Å². The number of rotatable bonds is 8. The van der Waals surface area contributed by atoms with Gasteiger partial charge in [0, 0.05) is 26.8 Å². The molecular formula is C21H20ClNO3S. The Bertz CT molecular complexity index is 879. The van der Waals surface area contributed by atoms with Crippen LogP contribution in [0, 0.1) is 0 Å². The number of benzene rings is 2. The molecule has 0 aliphatic rings. The third kappa shape index (κ3) is 5.55. The maximum atomic E-state index is 12.5. The zero-order valence-electron chi connectivity index (χ0n) is 14.9. The molecule has 1 N–H and O–H groups in total. The summed E-state index contributed by atoms with van der Waals surface area (Å²) in [5.74, 6) is 2.05. The van der Waals surface area contributed by atoms with Crippen LogP contribution in [0.15, 0.2) is 70.2 Å². The van der Waals surface area contributed by atoms with E-state index in [1.54, 1.807) is 30.2 Å². The number of amides is 1. The molecule has 27 heavy (non-hydrogen) atoms. The summed E-state index contributed by atoms with van der Waals surface area (Å²) in [5.41, 5.74) is 1.57. The quantitative estimate of drug-likeness (QED) is 0.502. The Kier molecular flexibility index (Phi) is 6.85. The van der Waals surface area contributed by atoms with Gasteiger partial charge in [-0.15, -0.1) is 11.8 Å². The second-order valence-electron chi connectivity index (χ2n) is 5.76. The van der Waals surface area contributed by atoms with Gasteiger partial charge in [0.05, 0.1) is 19.4 Å². The predicted molar refractivity (Wildman–Crippen MR) is 109 cm³/mol. The van der Waals surface area contributed by atoms with Gasteiger partial charge in [-0.25, -0.2) is 0 Å². The SMILES string of the molecule is CCOc1ccc(C(=O)NCc2ccco2)cc1CSc1ccc(Cl)cc1. The van der Waals surface area contributed by atoms with E-state index in [-0.39, 0.29) is 5.91 Å². The van der Waals surface area contributed by atoms with Crippen molar-refractivity contribution in [1.29, 1.82) is 0 Å². The molecule has 0 saturated carbocycles. The predicted octanol–water partition coefficient (Wildman–Crippen LogP) is 5.55. The largest absolute Gasteiger partial charge is 0.494 e. The number of furan rings is 1. The second-order valence-corrected chi connectivity index (χ2v) is 7.25. The number of ether oxygens (including phenoxy) is 1. The van der Waals surface area contributed by atoms with Crippen molar-refractivity contribution < 1.29 is 13.9 Å². The minimum absolute atomic E-state index is 0.146. The van der Waals surface area contributed by atoms with Crippen LogP contribution in [0.3, 0.4) is 0 Å². The van der Waals surface area contributed by atoms with Gasteiger partial charge in [0.1, 0.15) is 11.5 Å². The summed E-state index contributed by atoms with van der Waals surface area (Å²) in [4.78, 5) is 13.6. The van der Waals surface area contributed by atoms with Crippen molar-refractivity contribution in [3.8, 4) is 5.75 Å². The molecule has 3 rings (SSSR count). The summed E-state index contributed by atoms with van der Waals surface area (Å²) in [5, 5.41) is 3.58. The highest BCUT2D eigenvalue weighted by atomic mass is 35.5. The topological polar surface area (TPSA) is 51.5 Å². The van der Waals surface area contributed by atoms with Crippen molar-refractivity contribution in [3.05, 3.63) is 82.8 Å². The smallest absolute Gasteiger partial charge is 0.251 e. The van der Waals surface area contributed by atoms with E-state index in [0.29, 0.717) is 35.3 Å². The molecule has 0 bridgehead atoms. The Labute approximate surface area is 167 Å². The summed E-state index contributed by atoms with van der Waals surface area (Å²) in [7, 11) is 0. The number of carbonyl (C=O) groups is 1. The third-order valence-corrected chi connectivity index (χ3v) is 5.15. The fraction of sp³-hybridized carbons (Fsp3) is 0.190. The Hall–Kier alpha value is -2.37.